The second-order valence-corrected chi connectivity index (χ2v) is 3.48. The molecule has 13 heavy (non-hydrogen) atoms. The summed E-state index contributed by atoms with van der Waals surface area (Å²) in [4.78, 5) is 2.27. The van der Waals surface area contributed by atoms with Crippen molar-refractivity contribution in [3.63, 3.8) is 0 Å². The Morgan fingerprint density at radius 1 is 1.46 bits per heavy atom. The van der Waals surface area contributed by atoms with Gasteiger partial charge < -0.3 is 10.2 Å². The smallest absolute Gasteiger partial charge is 0.0104 e. The molecule has 0 saturated heterocycles. The molecule has 0 aromatic carbocycles. The van der Waals surface area contributed by atoms with Crippen molar-refractivity contribution < 1.29 is 0 Å². The number of hydrogen-bond donors (Lipinski definition) is 1. The van der Waals surface area contributed by atoms with Crippen molar-refractivity contribution in [3.8, 4) is 0 Å². The van der Waals surface area contributed by atoms with Gasteiger partial charge in [0.05, 0.1) is 0 Å². The normalized spacial score (nSPS) is 9.77. The Morgan fingerprint density at radius 3 is 2.15 bits per heavy atom. The summed E-state index contributed by atoms with van der Waals surface area (Å²) in [6, 6.07) is 0. The molecule has 0 unspecified atom stereocenters. The monoisotopic (exact) mass is 186 g/mol. The molecule has 0 heterocycles. The summed E-state index contributed by atoms with van der Waals surface area (Å²) in [6.07, 6.45) is 1.92. The fourth-order valence-electron chi connectivity index (χ4n) is 0.461. The van der Waals surface area contributed by atoms with E-state index in [4.69, 9.17) is 0 Å². The Bertz CT molecular complexity index is 100. The average molecular weight is 186 g/mol. The second-order valence-electron chi connectivity index (χ2n) is 3.48. The van der Waals surface area contributed by atoms with Gasteiger partial charge in [-0.25, -0.2) is 0 Å². The van der Waals surface area contributed by atoms with Gasteiger partial charge in [-0.15, -0.1) is 6.58 Å². The highest BCUT2D eigenvalue weighted by molar-refractivity contribution is 4.69. The molecule has 0 aromatic heterocycles. The maximum absolute atomic E-state index is 3.56. The molecule has 80 valence electrons. The first-order valence-corrected chi connectivity index (χ1v) is 5.04. The molecule has 2 nitrogen and oxygen atoms in total. The van der Waals surface area contributed by atoms with Crippen LogP contribution in [0, 0.1) is 5.92 Å². The van der Waals surface area contributed by atoms with Crippen LogP contribution in [0.3, 0.4) is 0 Å². The number of nitrogens with zero attached hydrogens (tertiary/aromatic N) is 1. The Balaban J connectivity index is 0. The van der Waals surface area contributed by atoms with Crippen molar-refractivity contribution in [2.24, 2.45) is 5.92 Å². The van der Waals surface area contributed by atoms with Crippen molar-refractivity contribution in [3.05, 3.63) is 12.7 Å². The van der Waals surface area contributed by atoms with Crippen LogP contribution < -0.4 is 5.32 Å². The highest BCUT2D eigenvalue weighted by Gasteiger charge is 1.88. The van der Waals surface area contributed by atoms with Crippen molar-refractivity contribution >= 4 is 0 Å². The zero-order valence-electron chi connectivity index (χ0n) is 9.93. The number of hydrogen-bond acceptors (Lipinski definition) is 2. The minimum atomic E-state index is 0.648. The number of nitrogens with one attached hydrogen (secondary N) is 1. The summed E-state index contributed by atoms with van der Waals surface area (Å²) in [5.74, 6) is 0.648. The number of likely N-dealkylation sites (N-methyl/N-ethyl adjacent to an activating group) is 2. The highest BCUT2D eigenvalue weighted by Crippen LogP contribution is 1.87. The lowest BCUT2D eigenvalue weighted by Gasteiger charge is -2.11. The highest BCUT2D eigenvalue weighted by atomic mass is 15.1. The molecule has 0 bridgehead atoms. The first kappa shape index (κ1) is 15.1. The van der Waals surface area contributed by atoms with E-state index in [0.717, 1.165) is 19.6 Å². The van der Waals surface area contributed by atoms with Crippen molar-refractivity contribution in [2.45, 2.75) is 20.8 Å². The molecule has 0 saturated carbocycles. The lowest BCUT2D eigenvalue weighted by Crippen LogP contribution is -2.26. The van der Waals surface area contributed by atoms with Gasteiger partial charge in [0, 0.05) is 13.1 Å². The van der Waals surface area contributed by atoms with E-state index in [-0.39, 0.29) is 0 Å². The maximum Gasteiger partial charge on any atom is 0.0104 e. The molecule has 0 rings (SSSR count). The molecule has 1 N–H and O–H groups in total. The van der Waals surface area contributed by atoms with E-state index in [1.165, 1.54) is 0 Å². The fourth-order valence-corrected chi connectivity index (χ4v) is 0.461. The molecule has 0 aliphatic carbocycles. The zero-order chi connectivity index (χ0) is 10.7. The Labute approximate surface area is 84.0 Å². The third-order valence-electron chi connectivity index (χ3n) is 1.75. The predicted molar refractivity (Wildman–Crippen MR) is 62.1 cm³/mol. The molecular weight excluding hydrogens is 160 g/mol. The molecule has 0 radical (unpaired) electrons. The van der Waals surface area contributed by atoms with Gasteiger partial charge in [0.25, 0.3) is 0 Å². The number of rotatable bonds is 5. The van der Waals surface area contributed by atoms with Gasteiger partial charge in [-0.1, -0.05) is 26.8 Å². The fraction of sp³-hybridized carbons (Fsp3) is 0.818. The molecule has 0 amide bonds. The SMILES string of the molecule is C=CC(C)C.CCN(C)CCNC. The molecule has 0 spiro atoms. The van der Waals surface area contributed by atoms with Crippen LogP contribution in [-0.2, 0) is 0 Å². The van der Waals surface area contributed by atoms with Crippen LogP contribution in [0.15, 0.2) is 12.7 Å². The van der Waals surface area contributed by atoms with E-state index < -0.39 is 0 Å². The van der Waals surface area contributed by atoms with Gasteiger partial charge in [-0.2, -0.15) is 0 Å². The summed E-state index contributed by atoms with van der Waals surface area (Å²) in [5, 5.41) is 3.09. The largest absolute Gasteiger partial charge is 0.318 e. The van der Waals surface area contributed by atoms with Crippen LogP contribution in [0.1, 0.15) is 20.8 Å². The second kappa shape index (κ2) is 11.7. The van der Waals surface area contributed by atoms with E-state index in [2.05, 4.69) is 44.6 Å². The third-order valence-corrected chi connectivity index (χ3v) is 1.75. The van der Waals surface area contributed by atoms with Crippen LogP contribution in [0.2, 0.25) is 0 Å². The van der Waals surface area contributed by atoms with Crippen molar-refractivity contribution in [1.82, 2.24) is 10.2 Å². The summed E-state index contributed by atoms with van der Waals surface area (Å²) in [6.45, 7) is 13.3. The zero-order valence-corrected chi connectivity index (χ0v) is 9.93. The van der Waals surface area contributed by atoms with Gasteiger partial charge in [-0.3, -0.25) is 0 Å². The van der Waals surface area contributed by atoms with Crippen molar-refractivity contribution in [2.75, 3.05) is 33.7 Å². The first-order valence-electron chi connectivity index (χ1n) is 5.04. The van der Waals surface area contributed by atoms with Gasteiger partial charge in [0.1, 0.15) is 0 Å². The predicted octanol–water partition coefficient (Wildman–Crippen LogP) is 1.99. The molecule has 0 fully saturated rings. The summed E-state index contributed by atoms with van der Waals surface area (Å²) >= 11 is 0. The molecule has 0 aromatic rings. The van der Waals surface area contributed by atoms with Crippen LogP contribution in [0.5, 0.6) is 0 Å². The van der Waals surface area contributed by atoms with Crippen LogP contribution in [-0.4, -0.2) is 38.6 Å². The van der Waals surface area contributed by atoms with E-state index in [1.54, 1.807) is 0 Å². The van der Waals surface area contributed by atoms with Gasteiger partial charge >= 0.3 is 0 Å². The van der Waals surface area contributed by atoms with Crippen LogP contribution in [0.4, 0.5) is 0 Å². The lowest BCUT2D eigenvalue weighted by molar-refractivity contribution is 0.354. The van der Waals surface area contributed by atoms with Crippen LogP contribution >= 0.6 is 0 Å². The molecule has 0 aliphatic heterocycles. The molecule has 0 atom stereocenters. The van der Waals surface area contributed by atoms with E-state index in [9.17, 15) is 0 Å². The number of allylic oxidation sites excluding steroid dienone is 1. The van der Waals surface area contributed by atoms with E-state index in [1.807, 2.05) is 13.1 Å². The van der Waals surface area contributed by atoms with E-state index >= 15 is 0 Å². The summed E-state index contributed by atoms with van der Waals surface area (Å²) < 4.78 is 0. The van der Waals surface area contributed by atoms with Crippen LogP contribution in [0.25, 0.3) is 0 Å². The van der Waals surface area contributed by atoms with Crippen molar-refractivity contribution in [1.29, 1.82) is 0 Å². The van der Waals surface area contributed by atoms with Gasteiger partial charge in [-0.05, 0) is 26.6 Å². The minimum Gasteiger partial charge on any atom is -0.318 e. The first-order chi connectivity index (χ1) is 6.08. The lowest BCUT2D eigenvalue weighted by atomic mass is 10.2. The van der Waals surface area contributed by atoms with Gasteiger partial charge in [0.15, 0.2) is 0 Å². The Morgan fingerprint density at radius 2 is 1.92 bits per heavy atom. The molecular formula is C11H26N2. The Hall–Kier alpha value is -0.340. The Kier molecular flexibility index (Phi) is 13.6. The summed E-state index contributed by atoms with van der Waals surface area (Å²) in [7, 11) is 4.10. The quantitative estimate of drug-likeness (QED) is 0.661. The standard InChI is InChI=1S/C6H16N2.C5H10/c1-4-8(3)6-5-7-2;1-4-5(2)3/h7H,4-6H2,1-3H3;4-5H,1H2,2-3H3. The maximum atomic E-state index is 3.56. The molecule has 2 heteroatoms. The average Bonchev–Trinajstić information content (AvgIpc) is 2.15. The summed E-state index contributed by atoms with van der Waals surface area (Å²) in [5.41, 5.74) is 0. The third kappa shape index (κ3) is 18.5. The minimum absolute atomic E-state index is 0.648. The van der Waals surface area contributed by atoms with E-state index in [0.29, 0.717) is 5.92 Å². The van der Waals surface area contributed by atoms with Gasteiger partial charge in [0.2, 0.25) is 0 Å². The molecule has 0 aliphatic rings. The topological polar surface area (TPSA) is 15.3 Å².